The number of benzene rings is 1. The second-order valence-electron chi connectivity index (χ2n) is 3.12. The standard InChI is InChI=1S/C10H12N2/c1-7-9(11)6-8-4-2-3-5-10(8)12-7/h2-5,9,12H,1,6,11H2. The van der Waals surface area contributed by atoms with Crippen LogP contribution in [0.5, 0.6) is 0 Å². The lowest BCUT2D eigenvalue weighted by Crippen LogP contribution is -2.32. The van der Waals surface area contributed by atoms with Crippen molar-refractivity contribution in [2.45, 2.75) is 12.5 Å². The largest absolute Gasteiger partial charge is 0.358 e. The first kappa shape index (κ1) is 7.37. The van der Waals surface area contributed by atoms with Crippen LogP contribution in [0.2, 0.25) is 0 Å². The molecule has 1 unspecified atom stereocenters. The molecule has 1 heterocycles. The zero-order valence-corrected chi connectivity index (χ0v) is 6.88. The first-order valence-corrected chi connectivity index (χ1v) is 4.06. The minimum Gasteiger partial charge on any atom is -0.358 e. The number of nitrogens with two attached hydrogens (primary N) is 1. The van der Waals surface area contributed by atoms with Crippen molar-refractivity contribution in [3.05, 3.63) is 42.1 Å². The molecule has 1 atom stereocenters. The Morgan fingerprint density at radius 2 is 2.17 bits per heavy atom. The average molecular weight is 160 g/mol. The Hall–Kier alpha value is -1.28. The SMILES string of the molecule is C=C1Nc2ccccc2CC1N. The second kappa shape index (κ2) is 2.64. The van der Waals surface area contributed by atoms with E-state index >= 15 is 0 Å². The van der Waals surface area contributed by atoms with Crippen LogP contribution in [0.4, 0.5) is 5.69 Å². The Labute approximate surface area is 72.1 Å². The van der Waals surface area contributed by atoms with Crippen molar-refractivity contribution in [1.82, 2.24) is 0 Å². The molecule has 1 aromatic rings. The minimum absolute atomic E-state index is 0.0555. The van der Waals surface area contributed by atoms with E-state index in [1.165, 1.54) is 5.56 Å². The molecule has 0 aromatic heterocycles. The molecule has 1 aliphatic heterocycles. The molecule has 0 fully saturated rings. The van der Waals surface area contributed by atoms with E-state index in [1.54, 1.807) is 0 Å². The van der Waals surface area contributed by atoms with Gasteiger partial charge in [-0.2, -0.15) is 0 Å². The molecular formula is C10H12N2. The van der Waals surface area contributed by atoms with Crippen molar-refractivity contribution < 1.29 is 0 Å². The molecular weight excluding hydrogens is 148 g/mol. The maximum absolute atomic E-state index is 5.83. The van der Waals surface area contributed by atoms with Gasteiger partial charge in [0.1, 0.15) is 0 Å². The number of hydrogen-bond donors (Lipinski definition) is 2. The van der Waals surface area contributed by atoms with Gasteiger partial charge in [-0.05, 0) is 18.1 Å². The van der Waals surface area contributed by atoms with Crippen molar-refractivity contribution in [3.8, 4) is 0 Å². The summed E-state index contributed by atoms with van der Waals surface area (Å²) < 4.78 is 0. The summed E-state index contributed by atoms with van der Waals surface area (Å²) in [6, 6.07) is 8.23. The highest BCUT2D eigenvalue weighted by Crippen LogP contribution is 2.24. The van der Waals surface area contributed by atoms with Gasteiger partial charge in [-0.15, -0.1) is 0 Å². The third kappa shape index (κ3) is 1.10. The topological polar surface area (TPSA) is 38.0 Å². The van der Waals surface area contributed by atoms with Gasteiger partial charge in [0.2, 0.25) is 0 Å². The fourth-order valence-corrected chi connectivity index (χ4v) is 1.45. The van der Waals surface area contributed by atoms with E-state index in [-0.39, 0.29) is 6.04 Å². The van der Waals surface area contributed by atoms with Crippen LogP contribution in [0.3, 0.4) is 0 Å². The Balaban J connectivity index is 2.40. The summed E-state index contributed by atoms with van der Waals surface area (Å²) >= 11 is 0. The monoisotopic (exact) mass is 160 g/mol. The lowest BCUT2D eigenvalue weighted by Gasteiger charge is -2.25. The quantitative estimate of drug-likeness (QED) is 0.603. The van der Waals surface area contributed by atoms with Crippen LogP contribution < -0.4 is 11.1 Å². The molecule has 0 aliphatic carbocycles. The minimum atomic E-state index is 0.0555. The fourth-order valence-electron chi connectivity index (χ4n) is 1.45. The predicted molar refractivity (Wildman–Crippen MR) is 50.9 cm³/mol. The molecule has 3 N–H and O–H groups in total. The molecule has 0 bridgehead atoms. The van der Waals surface area contributed by atoms with Gasteiger partial charge in [0.25, 0.3) is 0 Å². The molecule has 1 aromatic carbocycles. The van der Waals surface area contributed by atoms with Crippen molar-refractivity contribution in [2.75, 3.05) is 5.32 Å². The Morgan fingerprint density at radius 1 is 1.42 bits per heavy atom. The van der Waals surface area contributed by atoms with E-state index in [9.17, 15) is 0 Å². The summed E-state index contributed by atoms with van der Waals surface area (Å²) in [7, 11) is 0. The van der Waals surface area contributed by atoms with Gasteiger partial charge in [-0.1, -0.05) is 24.8 Å². The number of fused-ring (bicyclic) bond motifs is 1. The number of anilines is 1. The van der Waals surface area contributed by atoms with Crippen LogP contribution in [-0.2, 0) is 6.42 Å². The zero-order valence-electron chi connectivity index (χ0n) is 6.88. The summed E-state index contributed by atoms with van der Waals surface area (Å²) in [5.74, 6) is 0. The molecule has 0 saturated carbocycles. The third-order valence-electron chi connectivity index (χ3n) is 2.20. The Morgan fingerprint density at radius 3 is 3.00 bits per heavy atom. The lowest BCUT2D eigenvalue weighted by molar-refractivity contribution is 0.752. The first-order valence-electron chi connectivity index (χ1n) is 4.06. The van der Waals surface area contributed by atoms with Gasteiger partial charge < -0.3 is 11.1 Å². The van der Waals surface area contributed by atoms with Crippen molar-refractivity contribution in [1.29, 1.82) is 0 Å². The van der Waals surface area contributed by atoms with E-state index in [1.807, 2.05) is 18.2 Å². The normalized spacial score (nSPS) is 21.4. The van der Waals surface area contributed by atoms with Crippen LogP contribution in [0.25, 0.3) is 0 Å². The van der Waals surface area contributed by atoms with Crippen LogP contribution >= 0.6 is 0 Å². The smallest absolute Gasteiger partial charge is 0.0483 e. The Kier molecular flexibility index (Phi) is 1.62. The number of hydrogen-bond acceptors (Lipinski definition) is 2. The summed E-state index contributed by atoms with van der Waals surface area (Å²) in [6.07, 6.45) is 0.891. The van der Waals surface area contributed by atoms with Crippen molar-refractivity contribution >= 4 is 5.69 Å². The zero-order chi connectivity index (χ0) is 8.55. The average Bonchev–Trinajstić information content (AvgIpc) is 2.07. The van der Waals surface area contributed by atoms with Gasteiger partial charge in [-0.25, -0.2) is 0 Å². The molecule has 0 saturated heterocycles. The van der Waals surface area contributed by atoms with Crippen LogP contribution in [0, 0.1) is 0 Å². The maximum atomic E-state index is 5.83. The molecule has 1 aliphatic rings. The number of nitrogens with one attached hydrogen (secondary N) is 1. The number of para-hydroxylation sites is 1. The molecule has 0 radical (unpaired) electrons. The summed E-state index contributed by atoms with van der Waals surface area (Å²) in [4.78, 5) is 0. The van der Waals surface area contributed by atoms with Crippen molar-refractivity contribution in [2.24, 2.45) is 5.73 Å². The van der Waals surface area contributed by atoms with E-state index in [0.717, 1.165) is 17.8 Å². The fraction of sp³-hybridized carbons (Fsp3) is 0.200. The Bertz CT molecular complexity index is 317. The molecule has 0 spiro atoms. The lowest BCUT2D eigenvalue weighted by atomic mass is 9.98. The van der Waals surface area contributed by atoms with Crippen LogP contribution in [0.15, 0.2) is 36.5 Å². The van der Waals surface area contributed by atoms with Crippen LogP contribution in [0.1, 0.15) is 5.56 Å². The van der Waals surface area contributed by atoms with Gasteiger partial charge in [0.05, 0.1) is 0 Å². The van der Waals surface area contributed by atoms with Crippen LogP contribution in [-0.4, -0.2) is 6.04 Å². The maximum Gasteiger partial charge on any atom is 0.0483 e. The number of rotatable bonds is 0. The molecule has 2 heteroatoms. The molecule has 0 amide bonds. The highest BCUT2D eigenvalue weighted by molar-refractivity contribution is 5.58. The second-order valence-corrected chi connectivity index (χ2v) is 3.12. The van der Waals surface area contributed by atoms with E-state index in [4.69, 9.17) is 5.73 Å². The summed E-state index contributed by atoms with van der Waals surface area (Å²) in [6.45, 7) is 3.86. The van der Waals surface area contributed by atoms with Gasteiger partial charge in [0, 0.05) is 17.4 Å². The highest BCUT2D eigenvalue weighted by Gasteiger charge is 2.16. The van der Waals surface area contributed by atoms with E-state index in [2.05, 4.69) is 18.0 Å². The molecule has 62 valence electrons. The summed E-state index contributed by atoms with van der Waals surface area (Å²) in [5, 5.41) is 3.19. The third-order valence-corrected chi connectivity index (χ3v) is 2.20. The van der Waals surface area contributed by atoms with Gasteiger partial charge in [0.15, 0.2) is 0 Å². The van der Waals surface area contributed by atoms with Gasteiger partial charge >= 0.3 is 0 Å². The highest BCUT2D eigenvalue weighted by atomic mass is 14.9. The molecule has 12 heavy (non-hydrogen) atoms. The molecule has 2 nitrogen and oxygen atoms in total. The van der Waals surface area contributed by atoms with Gasteiger partial charge in [-0.3, -0.25) is 0 Å². The molecule has 2 rings (SSSR count). The van der Waals surface area contributed by atoms with E-state index in [0.29, 0.717) is 0 Å². The predicted octanol–water partition coefficient (Wildman–Crippen LogP) is 1.50. The summed E-state index contributed by atoms with van der Waals surface area (Å²) in [5.41, 5.74) is 9.16. The van der Waals surface area contributed by atoms with Crippen molar-refractivity contribution in [3.63, 3.8) is 0 Å². The van der Waals surface area contributed by atoms with E-state index < -0.39 is 0 Å². The first-order chi connectivity index (χ1) is 5.77.